The molecular formula is C16H16N2O3. The maximum absolute atomic E-state index is 12.2. The van der Waals surface area contributed by atoms with Gasteiger partial charge in [0, 0.05) is 12.7 Å². The molecule has 2 aromatic rings. The SMILES string of the molecule is COC(=O)c1ccccc1N(C)C(=O)Nc1ccccc1. The molecule has 0 heterocycles. The minimum absolute atomic E-state index is 0.336. The largest absolute Gasteiger partial charge is 0.465 e. The molecule has 0 aliphatic carbocycles. The van der Waals surface area contributed by atoms with E-state index in [2.05, 4.69) is 5.32 Å². The van der Waals surface area contributed by atoms with Crippen molar-refractivity contribution in [1.82, 2.24) is 0 Å². The molecular weight excluding hydrogens is 268 g/mol. The van der Waals surface area contributed by atoms with E-state index in [4.69, 9.17) is 4.74 Å². The molecule has 1 N–H and O–H groups in total. The van der Waals surface area contributed by atoms with Gasteiger partial charge < -0.3 is 10.1 Å². The quantitative estimate of drug-likeness (QED) is 0.881. The summed E-state index contributed by atoms with van der Waals surface area (Å²) in [5.41, 5.74) is 1.51. The number of ether oxygens (including phenoxy) is 1. The fraction of sp³-hybridized carbons (Fsp3) is 0.125. The fourth-order valence-corrected chi connectivity index (χ4v) is 1.89. The maximum atomic E-state index is 12.2. The normalized spacial score (nSPS) is 9.81. The Morgan fingerprint density at radius 2 is 1.62 bits per heavy atom. The van der Waals surface area contributed by atoms with E-state index in [0.29, 0.717) is 16.9 Å². The third-order valence-electron chi connectivity index (χ3n) is 3.00. The number of amides is 2. The monoisotopic (exact) mass is 284 g/mol. The van der Waals surface area contributed by atoms with Gasteiger partial charge in [0.25, 0.3) is 0 Å². The minimum atomic E-state index is -0.482. The molecule has 0 bridgehead atoms. The summed E-state index contributed by atoms with van der Waals surface area (Å²) in [7, 11) is 2.91. The molecule has 2 amide bonds. The van der Waals surface area contributed by atoms with Crippen LogP contribution in [0.15, 0.2) is 54.6 Å². The zero-order valence-electron chi connectivity index (χ0n) is 11.9. The van der Waals surface area contributed by atoms with E-state index in [0.717, 1.165) is 0 Å². The van der Waals surface area contributed by atoms with Crippen LogP contribution in [0.5, 0.6) is 0 Å². The second-order valence-corrected chi connectivity index (χ2v) is 4.36. The molecule has 0 saturated carbocycles. The molecule has 2 aromatic carbocycles. The summed E-state index contributed by atoms with van der Waals surface area (Å²) in [5, 5.41) is 2.76. The Labute approximate surface area is 123 Å². The van der Waals surface area contributed by atoms with Crippen LogP contribution in [-0.4, -0.2) is 26.2 Å². The van der Waals surface area contributed by atoms with Crippen molar-refractivity contribution in [3.8, 4) is 0 Å². The Bertz CT molecular complexity index is 641. The Kier molecular flexibility index (Phi) is 4.56. The van der Waals surface area contributed by atoms with Gasteiger partial charge in [0.2, 0.25) is 0 Å². The van der Waals surface area contributed by atoms with Crippen LogP contribution in [0.3, 0.4) is 0 Å². The smallest absolute Gasteiger partial charge is 0.339 e. The number of anilines is 2. The van der Waals surface area contributed by atoms with Gasteiger partial charge in [0.05, 0.1) is 18.4 Å². The molecule has 2 rings (SSSR count). The van der Waals surface area contributed by atoms with Crippen LogP contribution in [0, 0.1) is 0 Å². The van der Waals surface area contributed by atoms with E-state index in [1.165, 1.54) is 12.0 Å². The average molecular weight is 284 g/mol. The van der Waals surface area contributed by atoms with Crippen molar-refractivity contribution in [2.75, 3.05) is 24.4 Å². The number of para-hydroxylation sites is 2. The van der Waals surface area contributed by atoms with Gasteiger partial charge in [-0.05, 0) is 24.3 Å². The van der Waals surface area contributed by atoms with E-state index >= 15 is 0 Å². The second kappa shape index (κ2) is 6.56. The Morgan fingerprint density at radius 3 is 2.29 bits per heavy atom. The standard InChI is InChI=1S/C16H16N2O3/c1-18(16(20)17-12-8-4-3-5-9-12)14-11-7-6-10-13(14)15(19)21-2/h3-11H,1-2H3,(H,17,20). The van der Waals surface area contributed by atoms with Gasteiger partial charge >= 0.3 is 12.0 Å². The lowest BCUT2D eigenvalue weighted by atomic mass is 10.1. The molecule has 0 saturated heterocycles. The highest BCUT2D eigenvalue weighted by Crippen LogP contribution is 2.21. The van der Waals surface area contributed by atoms with Crippen molar-refractivity contribution in [1.29, 1.82) is 0 Å². The van der Waals surface area contributed by atoms with Crippen LogP contribution in [0.2, 0.25) is 0 Å². The van der Waals surface area contributed by atoms with Gasteiger partial charge in [-0.1, -0.05) is 30.3 Å². The highest BCUT2D eigenvalue weighted by molar-refractivity contribution is 6.06. The molecule has 0 fully saturated rings. The Morgan fingerprint density at radius 1 is 1.00 bits per heavy atom. The minimum Gasteiger partial charge on any atom is -0.465 e. The highest BCUT2D eigenvalue weighted by Gasteiger charge is 2.18. The number of hydrogen-bond donors (Lipinski definition) is 1. The molecule has 5 heteroatoms. The fourth-order valence-electron chi connectivity index (χ4n) is 1.89. The van der Waals surface area contributed by atoms with Crippen molar-refractivity contribution >= 4 is 23.4 Å². The topological polar surface area (TPSA) is 58.6 Å². The lowest BCUT2D eigenvalue weighted by Crippen LogP contribution is -2.32. The van der Waals surface area contributed by atoms with Crippen LogP contribution >= 0.6 is 0 Å². The predicted molar refractivity (Wildman–Crippen MR) is 81.6 cm³/mol. The number of rotatable bonds is 3. The molecule has 0 unspecified atom stereocenters. The molecule has 0 atom stereocenters. The number of carbonyl (C=O) groups is 2. The van der Waals surface area contributed by atoms with Gasteiger partial charge in [-0.2, -0.15) is 0 Å². The van der Waals surface area contributed by atoms with E-state index < -0.39 is 5.97 Å². The summed E-state index contributed by atoms with van der Waals surface area (Å²) in [4.78, 5) is 25.4. The average Bonchev–Trinajstić information content (AvgIpc) is 2.54. The number of benzene rings is 2. The van der Waals surface area contributed by atoms with Crippen LogP contribution in [-0.2, 0) is 4.74 Å². The van der Waals surface area contributed by atoms with Crippen molar-refractivity contribution in [3.63, 3.8) is 0 Å². The molecule has 0 spiro atoms. The highest BCUT2D eigenvalue weighted by atomic mass is 16.5. The summed E-state index contributed by atoms with van der Waals surface area (Å²) < 4.78 is 4.73. The van der Waals surface area contributed by atoms with Crippen molar-refractivity contribution < 1.29 is 14.3 Å². The van der Waals surface area contributed by atoms with Crippen LogP contribution < -0.4 is 10.2 Å². The van der Waals surface area contributed by atoms with E-state index in [9.17, 15) is 9.59 Å². The first-order valence-corrected chi connectivity index (χ1v) is 6.40. The lowest BCUT2D eigenvalue weighted by Gasteiger charge is -2.20. The zero-order valence-corrected chi connectivity index (χ0v) is 11.9. The maximum Gasteiger partial charge on any atom is 0.339 e. The molecule has 5 nitrogen and oxygen atoms in total. The first-order chi connectivity index (χ1) is 10.1. The number of hydrogen-bond acceptors (Lipinski definition) is 3. The number of nitrogens with zero attached hydrogens (tertiary/aromatic N) is 1. The summed E-state index contributed by atoms with van der Waals surface area (Å²) in [6.07, 6.45) is 0. The van der Waals surface area contributed by atoms with Gasteiger partial charge in [-0.25, -0.2) is 9.59 Å². The molecule has 0 aromatic heterocycles. The molecule has 0 radical (unpaired) electrons. The zero-order chi connectivity index (χ0) is 15.2. The van der Waals surface area contributed by atoms with Gasteiger partial charge in [0.1, 0.15) is 0 Å². The summed E-state index contributed by atoms with van der Waals surface area (Å²) >= 11 is 0. The number of carbonyl (C=O) groups excluding carboxylic acids is 2. The number of methoxy groups -OCH3 is 1. The first-order valence-electron chi connectivity index (χ1n) is 6.40. The first kappa shape index (κ1) is 14.6. The van der Waals surface area contributed by atoms with E-state index in [-0.39, 0.29) is 6.03 Å². The predicted octanol–water partition coefficient (Wildman–Crippen LogP) is 3.14. The summed E-state index contributed by atoms with van der Waals surface area (Å²) in [5.74, 6) is -0.482. The van der Waals surface area contributed by atoms with E-state index in [1.807, 2.05) is 18.2 Å². The van der Waals surface area contributed by atoms with Gasteiger partial charge in [-0.3, -0.25) is 4.90 Å². The summed E-state index contributed by atoms with van der Waals surface area (Å²) in [6.45, 7) is 0. The number of urea groups is 1. The molecule has 21 heavy (non-hydrogen) atoms. The molecule has 0 aliphatic heterocycles. The summed E-state index contributed by atoms with van der Waals surface area (Å²) in [6, 6.07) is 15.6. The third-order valence-corrected chi connectivity index (χ3v) is 3.00. The Balaban J connectivity index is 2.22. The lowest BCUT2D eigenvalue weighted by molar-refractivity contribution is 0.0601. The Hall–Kier alpha value is -2.82. The van der Waals surface area contributed by atoms with Crippen LogP contribution in [0.1, 0.15) is 10.4 Å². The molecule has 108 valence electrons. The van der Waals surface area contributed by atoms with Crippen LogP contribution in [0.25, 0.3) is 0 Å². The number of nitrogens with one attached hydrogen (secondary N) is 1. The van der Waals surface area contributed by atoms with Crippen molar-refractivity contribution in [2.45, 2.75) is 0 Å². The third kappa shape index (κ3) is 3.39. The van der Waals surface area contributed by atoms with E-state index in [1.54, 1.807) is 43.4 Å². The van der Waals surface area contributed by atoms with Crippen LogP contribution in [0.4, 0.5) is 16.2 Å². The van der Waals surface area contributed by atoms with Gasteiger partial charge in [-0.15, -0.1) is 0 Å². The van der Waals surface area contributed by atoms with Crippen molar-refractivity contribution in [3.05, 3.63) is 60.2 Å². The molecule has 0 aliphatic rings. The van der Waals surface area contributed by atoms with Crippen molar-refractivity contribution in [2.24, 2.45) is 0 Å². The van der Waals surface area contributed by atoms with Gasteiger partial charge in [0.15, 0.2) is 0 Å². The second-order valence-electron chi connectivity index (χ2n) is 4.36. The number of esters is 1.